The van der Waals surface area contributed by atoms with Crippen molar-refractivity contribution in [1.29, 1.82) is 0 Å². The van der Waals surface area contributed by atoms with Crippen molar-refractivity contribution in [2.24, 2.45) is 5.92 Å². The molecule has 0 radical (unpaired) electrons. The maximum absolute atomic E-state index is 12.8. The highest BCUT2D eigenvalue weighted by molar-refractivity contribution is 5.95. The van der Waals surface area contributed by atoms with Crippen molar-refractivity contribution in [2.45, 2.75) is 25.7 Å². The Kier molecular flexibility index (Phi) is 4.24. The molecule has 4 rings (SSSR count). The van der Waals surface area contributed by atoms with E-state index in [1.165, 1.54) is 16.8 Å². The number of rotatable bonds is 3. The van der Waals surface area contributed by atoms with Crippen LogP contribution in [0.25, 0.3) is 0 Å². The van der Waals surface area contributed by atoms with E-state index in [-0.39, 0.29) is 5.91 Å². The van der Waals surface area contributed by atoms with Crippen LogP contribution in [0.15, 0.2) is 48.5 Å². The van der Waals surface area contributed by atoms with Gasteiger partial charge in [0, 0.05) is 30.9 Å². The van der Waals surface area contributed by atoms with Gasteiger partial charge in [-0.3, -0.25) is 4.79 Å². The number of fused-ring (bicyclic) bond motifs is 1. The molecule has 3 heteroatoms. The van der Waals surface area contributed by atoms with E-state index in [4.69, 9.17) is 0 Å². The quantitative estimate of drug-likeness (QED) is 0.934. The largest absolute Gasteiger partial charge is 0.384 e. The third-order valence-corrected chi connectivity index (χ3v) is 5.33. The number of benzene rings is 2. The minimum absolute atomic E-state index is 0.197. The molecule has 0 aromatic heterocycles. The molecular formula is C21H24N2O. The van der Waals surface area contributed by atoms with Gasteiger partial charge in [0.2, 0.25) is 0 Å². The molecule has 1 saturated heterocycles. The molecule has 2 aliphatic heterocycles. The van der Waals surface area contributed by atoms with Gasteiger partial charge in [0.05, 0.1) is 0 Å². The Morgan fingerprint density at radius 1 is 1.08 bits per heavy atom. The monoisotopic (exact) mass is 320 g/mol. The Morgan fingerprint density at radius 2 is 1.88 bits per heavy atom. The number of piperidine rings is 1. The Bertz CT molecular complexity index is 718. The topological polar surface area (TPSA) is 32.3 Å². The standard InChI is InChI=1S/C21H24N2O/c24-21(19-6-7-20-18(15-19)8-11-22-20)23-12-9-17(10-13-23)14-16-4-2-1-3-5-16/h1-7,15,17,22H,8-14H2. The Hall–Kier alpha value is -2.29. The average Bonchev–Trinajstić information content (AvgIpc) is 3.10. The molecule has 0 bridgehead atoms. The number of anilines is 1. The molecule has 2 aromatic carbocycles. The maximum Gasteiger partial charge on any atom is 0.253 e. The van der Waals surface area contributed by atoms with E-state index in [0.29, 0.717) is 5.92 Å². The first-order valence-corrected chi connectivity index (χ1v) is 8.99. The van der Waals surface area contributed by atoms with Crippen LogP contribution in [0.2, 0.25) is 0 Å². The van der Waals surface area contributed by atoms with Gasteiger partial charge in [-0.1, -0.05) is 30.3 Å². The molecule has 1 N–H and O–H groups in total. The Balaban J connectivity index is 1.36. The third-order valence-electron chi connectivity index (χ3n) is 5.33. The van der Waals surface area contributed by atoms with Crippen LogP contribution in [0.4, 0.5) is 5.69 Å². The fourth-order valence-electron chi connectivity index (χ4n) is 3.91. The molecule has 0 unspecified atom stereocenters. The van der Waals surface area contributed by atoms with Gasteiger partial charge in [-0.25, -0.2) is 0 Å². The fourth-order valence-corrected chi connectivity index (χ4v) is 3.91. The molecule has 0 saturated carbocycles. The molecule has 3 nitrogen and oxygen atoms in total. The number of carbonyl (C=O) groups is 1. The summed E-state index contributed by atoms with van der Waals surface area (Å²) in [5, 5.41) is 3.35. The highest BCUT2D eigenvalue weighted by Gasteiger charge is 2.24. The van der Waals surface area contributed by atoms with Crippen LogP contribution in [0.3, 0.4) is 0 Å². The van der Waals surface area contributed by atoms with Crippen molar-refractivity contribution in [3.05, 3.63) is 65.2 Å². The highest BCUT2D eigenvalue weighted by atomic mass is 16.2. The van der Waals surface area contributed by atoms with Crippen LogP contribution in [-0.2, 0) is 12.8 Å². The van der Waals surface area contributed by atoms with E-state index < -0.39 is 0 Å². The average molecular weight is 320 g/mol. The number of hydrogen-bond acceptors (Lipinski definition) is 2. The molecule has 2 heterocycles. The Labute approximate surface area is 143 Å². The number of nitrogens with one attached hydrogen (secondary N) is 1. The summed E-state index contributed by atoms with van der Waals surface area (Å²) in [6.07, 6.45) is 4.36. The van der Waals surface area contributed by atoms with Gasteiger partial charge >= 0.3 is 0 Å². The minimum atomic E-state index is 0.197. The van der Waals surface area contributed by atoms with Crippen LogP contribution < -0.4 is 5.32 Å². The van der Waals surface area contributed by atoms with E-state index >= 15 is 0 Å². The summed E-state index contributed by atoms with van der Waals surface area (Å²) in [5.41, 5.74) is 4.72. The van der Waals surface area contributed by atoms with Crippen LogP contribution >= 0.6 is 0 Å². The van der Waals surface area contributed by atoms with Gasteiger partial charge < -0.3 is 10.2 Å². The molecule has 1 fully saturated rings. The van der Waals surface area contributed by atoms with Gasteiger partial charge in [-0.15, -0.1) is 0 Å². The first kappa shape index (κ1) is 15.3. The predicted molar refractivity (Wildman–Crippen MR) is 97.4 cm³/mol. The van der Waals surface area contributed by atoms with Gasteiger partial charge in [-0.05, 0) is 60.9 Å². The van der Waals surface area contributed by atoms with Gasteiger partial charge in [0.1, 0.15) is 0 Å². The first-order valence-electron chi connectivity index (χ1n) is 8.99. The molecule has 0 atom stereocenters. The van der Waals surface area contributed by atoms with Crippen molar-refractivity contribution >= 4 is 11.6 Å². The Morgan fingerprint density at radius 3 is 2.67 bits per heavy atom. The fraction of sp³-hybridized carbons (Fsp3) is 0.381. The smallest absolute Gasteiger partial charge is 0.253 e. The second kappa shape index (κ2) is 6.68. The second-order valence-electron chi connectivity index (χ2n) is 6.97. The van der Waals surface area contributed by atoms with Crippen molar-refractivity contribution in [1.82, 2.24) is 4.90 Å². The molecule has 2 aromatic rings. The van der Waals surface area contributed by atoms with E-state index in [9.17, 15) is 4.79 Å². The van der Waals surface area contributed by atoms with Gasteiger partial charge in [0.15, 0.2) is 0 Å². The molecule has 1 amide bonds. The zero-order chi connectivity index (χ0) is 16.4. The summed E-state index contributed by atoms with van der Waals surface area (Å²) in [6.45, 7) is 2.75. The van der Waals surface area contributed by atoms with Crippen molar-refractivity contribution in [3.63, 3.8) is 0 Å². The predicted octanol–water partition coefficient (Wildman–Crippen LogP) is 3.75. The van der Waals surface area contributed by atoms with E-state index in [0.717, 1.165) is 50.9 Å². The molecule has 0 spiro atoms. The first-order chi connectivity index (χ1) is 11.8. The number of likely N-dealkylation sites (tertiary alicyclic amines) is 1. The van der Waals surface area contributed by atoms with E-state index in [1.54, 1.807) is 0 Å². The third kappa shape index (κ3) is 3.16. The minimum Gasteiger partial charge on any atom is -0.384 e. The van der Waals surface area contributed by atoms with Crippen molar-refractivity contribution < 1.29 is 4.79 Å². The van der Waals surface area contributed by atoms with Crippen LogP contribution in [-0.4, -0.2) is 30.4 Å². The highest BCUT2D eigenvalue weighted by Crippen LogP contribution is 2.26. The normalized spacial score (nSPS) is 17.4. The molecule has 0 aliphatic carbocycles. The SMILES string of the molecule is O=C(c1ccc2c(c1)CCN2)N1CCC(Cc2ccccc2)CC1. The van der Waals surface area contributed by atoms with Gasteiger partial charge in [0.25, 0.3) is 5.91 Å². The summed E-state index contributed by atoms with van der Waals surface area (Å²) < 4.78 is 0. The zero-order valence-electron chi connectivity index (χ0n) is 14.0. The summed E-state index contributed by atoms with van der Waals surface area (Å²) in [7, 11) is 0. The number of hydrogen-bond donors (Lipinski definition) is 1. The lowest BCUT2D eigenvalue weighted by Gasteiger charge is -2.32. The summed E-state index contributed by atoms with van der Waals surface area (Å²) >= 11 is 0. The van der Waals surface area contributed by atoms with Gasteiger partial charge in [-0.2, -0.15) is 0 Å². The molecule has 24 heavy (non-hydrogen) atoms. The zero-order valence-corrected chi connectivity index (χ0v) is 14.0. The van der Waals surface area contributed by atoms with E-state index in [1.807, 2.05) is 11.0 Å². The summed E-state index contributed by atoms with van der Waals surface area (Å²) in [4.78, 5) is 14.8. The summed E-state index contributed by atoms with van der Waals surface area (Å²) in [6, 6.07) is 16.8. The maximum atomic E-state index is 12.8. The summed E-state index contributed by atoms with van der Waals surface area (Å²) in [5.74, 6) is 0.892. The second-order valence-corrected chi connectivity index (χ2v) is 6.97. The lowest BCUT2D eigenvalue weighted by molar-refractivity contribution is 0.0690. The lowest BCUT2D eigenvalue weighted by Crippen LogP contribution is -2.38. The number of carbonyl (C=O) groups excluding carboxylic acids is 1. The van der Waals surface area contributed by atoms with Crippen molar-refractivity contribution in [3.8, 4) is 0 Å². The number of nitrogens with zero attached hydrogens (tertiary/aromatic N) is 1. The van der Waals surface area contributed by atoms with Crippen LogP contribution in [0, 0.1) is 5.92 Å². The molecule has 2 aliphatic rings. The number of amides is 1. The lowest BCUT2D eigenvalue weighted by atomic mass is 9.90. The van der Waals surface area contributed by atoms with Crippen molar-refractivity contribution in [2.75, 3.05) is 25.0 Å². The molecular weight excluding hydrogens is 296 g/mol. The van der Waals surface area contributed by atoms with Crippen LogP contribution in [0.5, 0.6) is 0 Å². The molecule has 124 valence electrons. The van der Waals surface area contributed by atoms with Crippen LogP contribution in [0.1, 0.15) is 34.3 Å². The van der Waals surface area contributed by atoms with E-state index in [2.05, 4.69) is 47.8 Å².